The molecule has 2 N–H and O–H groups in total. The molecule has 100 valence electrons. The predicted octanol–water partition coefficient (Wildman–Crippen LogP) is 1.06. The fourth-order valence-electron chi connectivity index (χ4n) is 1.10. The highest BCUT2D eigenvalue weighted by Crippen LogP contribution is 2.17. The van der Waals surface area contributed by atoms with Crippen LogP contribution in [0.15, 0.2) is 40.3 Å². The summed E-state index contributed by atoms with van der Waals surface area (Å²) in [5, 5.41) is 0.504. The Kier molecular flexibility index (Phi) is 4.12. The molecule has 1 rings (SSSR count). The summed E-state index contributed by atoms with van der Waals surface area (Å²) in [6, 6.07) is 4.63. The van der Waals surface area contributed by atoms with Gasteiger partial charge in [0.25, 0.3) is 20.2 Å². The minimum absolute atomic E-state index is 0.0999. The quantitative estimate of drug-likeness (QED) is 0.629. The van der Waals surface area contributed by atoms with Crippen LogP contribution in [0.5, 0.6) is 5.75 Å². The molecule has 1 aromatic carbocycles. The van der Waals surface area contributed by atoms with E-state index in [4.69, 9.17) is 13.8 Å². The van der Waals surface area contributed by atoms with E-state index in [-0.39, 0.29) is 16.4 Å². The van der Waals surface area contributed by atoms with Gasteiger partial charge in [-0.05, 0) is 31.2 Å². The van der Waals surface area contributed by atoms with Gasteiger partial charge >= 0.3 is 0 Å². The van der Waals surface area contributed by atoms with E-state index in [2.05, 4.69) is 0 Å². The van der Waals surface area contributed by atoms with Gasteiger partial charge < -0.3 is 4.74 Å². The molecule has 0 spiro atoms. The van der Waals surface area contributed by atoms with E-state index in [9.17, 15) is 16.8 Å². The average molecular weight is 294 g/mol. The molecule has 0 fully saturated rings. The molecule has 0 aliphatic rings. The Morgan fingerprint density at radius 1 is 1.11 bits per heavy atom. The Hall–Kier alpha value is -1.42. The van der Waals surface area contributed by atoms with E-state index in [0.717, 1.165) is 12.1 Å². The number of hydrogen-bond acceptors (Lipinski definition) is 5. The van der Waals surface area contributed by atoms with Crippen molar-refractivity contribution in [1.29, 1.82) is 0 Å². The molecule has 1 aromatic rings. The molecule has 7 nitrogen and oxygen atoms in total. The second kappa shape index (κ2) is 5.06. The lowest BCUT2D eigenvalue weighted by atomic mass is 10.3. The van der Waals surface area contributed by atoms with Crippen LogP contribution in [0.4, 0.5) is 0 Å². The van der Waals surface area contributed by atoms with Crippen LogP contribution in [0.3, 0.4) is 0 Å². The molecule has 0 saturated carbocycles. The second-order valence-corrected chi connectivity index (χ2v) is 5.98. The predicted molar refractivity (Wildman–Crippen MR) is 62.2 cm³/mol. The highest BCUT2D eigenvalue weighted by Gasteiger charge is 2.09. The summed E-state index contributed by atoms with van der Waals surface area (Å²) in [4.78, 5) is -0.314. The Labute approximate surface area is 104 Å². The Balaban J connectivity index is 2.92. The van der Waals surface area contributed by atoms with E-state index in [0.29, 0.717) is 5.41 Å². The van der Waals surface area contributed by atoms with Crippen LogP contribution in [0, 0.1) is 0 Å². The van der Waals surface area contributed by atoms with Crippen molar-refractivity contribution >= 4 is 20.2 Å². The molecule has 0 aliphatic carbocycles. The first-order valence-corrected chi connectivity index (χ1v) is 7.43. The zero-order chi connectivity index (χ0) is 14.0. The molecule has 0 aliphatic heterocycles. The molecule has 0 unspecified atom stereocenters. The maximum atomic E-state index is 10.7. The largest absolute Gasteiger partial charge is 0.461 e. The monoisotopic (exact) mass is 294 g/mol. The number of rotatable bonds is 4. The van der Waals surface area contributed by atoms with E-state index < -0.39 is 20.2 Å². The van der Waals surface area contributed by atoms with Crippen molar-refractivity contribution in [3.8, 4) is 5.75 Å². The average Bonchev–Trinajstić information content (AvgIpc) is 2.13. The third kappa shape index (κ3) is 4.84. The van der Waals surface area contributed by atoms with Gasteiger partial charge in [0.15, 0.2) is 0 Å². The van der Waals surface area contributed by atoms with Gasteiger partial charge in [-0.3, -0.25) is 9.11 Å². The van der Waals surface area contributed by atoms with Gasteiger partial charge in [-0.25, -0.2) is 0 Å². The van der Waals surface area contributed by atoms with Crippen LogP contribution in [0.1, 0.15) is 6.92 Å². The molecule has 0 atom stereocenters. The second-order valence-electron chi connectivity index (χ2n) is 3.29. The fraction of sp³-hybridized carbons (Fsp3) is 0.111. The minimum Gasteiger partial charge on any atom is -0.461 e. The smallest absolute Gasteiger partial charge is 0.294 e. The van der Waals surface area contributed by atoms with Gasteiger partial charge in [0.05, 0.1) is 10.3 Å². The van der Waals surface area contributed by atoms with E-state index in [1.807, 2.05) is 0 Å². The highest BCUT2D eigenvalue weighted by atomic mass is 32.2. The van der Waals surface area contributed by atoms with Gasteiger partial charge in [0.2, 0.25) is 0 Å². The zero-order valence-corrected chi connectivity index (χ0v) is 10.8. The van der Waals surface area contributed by atoms with Crippen molar-refractivity contribution in [3.63, 3.8) is 0 Å². The number of allylic oxidation sites excluding steroid dienone is 1. The summed E-state index contributed by atoms with van der Waals surface area (Å²) in [7, 11) is -8.58. The summed E-state index contributed by atoms with van der Waals surface area (Å²) in [5.74, 6) is 0.0527. The SMILES string of the molecule is C/C(=C/S(=O)(=O)O)Oc1ccc(S(=O)(=O)O)cc1. The Bertz CT molecular complexity index is 653. The van der Waals surface area contributed by atoms with Crippen molar-refractivity contribution in [1.82, 2.24) is 0 Å². The maximum absolute atomic E-state index is 10.7. The summed E-state index contributed by atoms with van der Waals surface area (Å²) in [6.07, 6.45) is 0. The van der Waals surface area contributed by atoms with E-state index in [1.54, 1.807) is 0 Å². The summed E-state index contributed by atoms with van der Waals surface area (Å²) < 4.78 is 64.7. The molecule has 0 heterocycles. The molecular formula is C9H10O7S2. The van der Waals surface area contributed by atoms with Gasteiger partial charge in [-0.1, -0.05) is 0 Å². The topological polar surface area (TPSA) is 118 Å². The molecule has 0 aromatic heterocycles. The van der Waals surface area contributed by atoms with Crippen LogP contribution >= 0.6 is 0 Å². The Morgan fingerprint density at radius 2 is 1.61 bits per heavy atom. The normalized spacial score (nSPS) is 13.4. The van der Waals surface area contributed by atoms with Crippen molar-refractivity contribution in [2.45, 2.75) is 11.8 Å². The Morgan fingerprint density at radius 3 is 2.00 bits per heavy atom. The molecule has 0 radical (unpaired) electrons. The van der Waals surface area contributed by atoms with Crippen LogP contribution in [0.2, 0.25) is 0 Å². The van der Waals surface area contributed by atoms with Gasteiger partial charge in [-0.15, -0.1) is 0 Å². The van der Waals surface area contributed by atoms with Crippen molar-refractivity contribution in [2.75, 3.05) is 0 Å². The van der Waals surface area contributed by atoms with Crippen LogP contribution < -0.4 is 4.74 Å². The lowest BCUT2D eigenvalue weighted by Gasteiger charge is -2.05. The molecule has 0 amide bonds. The highest BCUT2D eigenvalue weighted by molar-refractivity contribution is 7.88. The van der Waals surface area contributed by atoms with Crippen molar-refractivity contribution in [3.05, 3.63) is 35.4 Å². The maximum Gasteiger partial charge on any atom is 0.294 e. The molecular weight excluding hydrogens is 284 g/mol. The fourth-order valence-corrected chi connectivity index (χ4v) is 2.05. The van der Waals surface area contributed by atoms with E-state index >= 15 is 0 Å². The van der Waals surface area contributed by atoms with Crippen LogP contribution in [-0.2, 0) is 20.2 Å². The van der Waals surface area contributed by atoms with E-state index in [1.165, 1.54) is 19.1 Å². The first-order chi connectivity index (χ1) is 8.08. The minimum atomic E-state index is -4.30. The molecule has 0 bridgehead atoms. The van der Waals surface area contributed by atoms with Gasteiger partial charge in [0.1, 0.15) is 11.5 Å². The molecule has 18 heavy (non-hydrogen) atoms. The van der Waals surface area contributed by atoms with Gasteiger partial charge in [0, 0.05) is 0 Å². The zero-order valence-electron chi connectivity index (χ0n) is 9.14. The van der Waals surface area contributed by atoms with Crippen molar-refractivity contribution < 1.29 is 30.7 Å². The molecule has 9 heteroatoms. The third-order valence-electron chi connectivity index (χ3n) is 1.72. The standard InChI is InChI=1S/C9H10O7S2/c1-7(6-17(10,11)12)16-8-2-4-9(5-3-8)18(13,14)15/h2-6H,1H3,(H,10,11,12)(H,13,14,15)/b7-6-. The summed E-state index contributed by atoms with van der Waals surface area (Å²) in [6.45, 7) is 1.30. The first-order valence-electron chi connectivity index (χ1n) is 4.49. The van der Waals surface area contributed by atoms with Crippen LogP contribution in [0.25, 0.3) is 0 Å². The van der Waals surface area contributed by atoms with Crippen LogP contribution in [-0.4, -0.2) is 25.9 Å². The summed E-state index contributed by atoms with van der Waals surface area (Å²) in [5.41, 5.74) is 0. The summed E-state index contributed by atoms with van der Waals surface area (Å²) >= 11 is 0. The molecule has 0 saturated heterocycles. The third-order valence-corrected chi connectivity index (χ3v) is 3.21. The first kappa shape index (κ1) is 14.6. The number of benzene rings is 1. The van der Waals surface area contributed by atoms with Gasteiger partial charge in [-0.2, -0.15) is 16.8 Å². The van der Waals surface area contributed by atoms with Crippen molar-refractivity contribution in [2.24, 2.45) is 0 Å². The lowest BCUT2D eigenvalue weighted by molar-refractivity contribution is 0.425. The lowest BCUT2D eigenvalue weighted by Crippen LogP contribution is -1.99. The number of ether oxygens (including phenoxy) is 1. The number of hydrogen-bond donors (Lipinski definition) is 2.